The second kappa shape index (κ2) is 6.28. The van der Waals surface area contributed by atoms with Gasteiger partial charge in [-0.2, -0.15) is 0 Å². The third kappa shape index (κ3) is 2.69. The standard InChI is InChI=1S/C19H18ClN5O2/c1-11-7-14(13-3-2-4-15(20)18(13)22-11)19(26)24-6-5-16-17(9-24)27-10-12-8-21-23-25(12)16/h2-4,7-8,16-17H,5-6,9-10H2,1H3/t16-,17-/m0/s1. The summed E-state index contributed by atoms with van der Waals surface area (Å²) >= 11 is 6.30. The zero-order valence-electron chi connectivity index (χ0n) is 14.8. The van der Waals surface area contributed by atoms with E-state index in [1.54, 1.807) is 12.3 Å². The number of rotatable bonds is 1. The molecular weight excluding hydrogens is 366 g/mol. The van der Waals surface area contributed by atoms with Crippen LogP contribution in [0, 0.1) is 6.92 Å². The molecule has 2 aliphatic rings. The molecule has 3 aromatic rings. The molecule has 2 aromatic heterocycles. The summed E-state index contributed by atoms with van der Waals surface area (Å²) in [5.74, 6) is -0.0146. The van der Waals surface area contributed by atoms with E-state index in [2.05, 4.69) is 15.3 Å². The fourth-order valence-corrected chi connectivity index (χ4v) is 4.28. The Kier molecular flexibility index (Phi) is 3.87. The first-order valence-electron chi connectivity index (χ1n) is 8.97. The first-order chi connectivity index (χ1) is 13.1. The third-order valence-corrected chi connectivity index (χ3v) is 5.67. The Morgan fingerprint density at radius 1 is 1.37 bits per heavy atom. The van der Waals surface area contributed by atoms with Gasteiger partial charge in [-0.25, -0.2) is 4.68 Å². The number of carbonyl (C=O) groups excluding carboxylic acids is 1. The molecule has 138 valence electrons. The minimum atomic E-state index is -0.0744. The van der Waals surface area contributed by atoms with E-state index in [4.69, 9.17) is 16.3 Å². The highest BCUT2D eigenvalue weighted by molar-refractivity contribution is 6.35. The predicted molar refractivity (Wildman–Crippen MR) is 99.6 cm³/mol. The molecule has 8 heteroatoms. The highest BCUT2D eigenvalue weighted by Gasteiger charge is 2.38. The average Bonchev–Trinajstić information content (AvgIpc) is 3.16. The molecule has 1 amide bonds. The average molecular weight is 384 g/mol. The number of likely N-dealkylation sites (tertiary alicyclic amines) is 1. The van der Waals surface area contributed by atoms with Crippen LogP contribution in [0.3, 0.4) is 0 Å². The van der Waals surface area contributed by atoms with E-state index in [-0.39, 0.29) is 18.1 Å². The van der Waals surface area contributed by atoms with Gasteiger partial charge in [-0.05, 0) is 25.5 Å². The van der Waals surface area contributed by atoms with Crippen molar-refractivity contribution in [1.82, 2.24) is 24.9 Å². The number of fused-ring (bicyclic) bond motifs is 4. The second-order valence-corrected chi connectivity index (χ2v) is 7.48. The smallest absolute Gasteiger partial charge is 0.254 e. The Hall–Kier alpha value is -2.51. The van der Waals surface area contributed by atoms with Gasteiger partial charge in [0.2, 0.25) is 0 Å². The molecule has 1 aromatic carbocycles. The van der Waals surface area contributed by atoms with Crippen LogP contribution < -0.4 is 0 Å². The first-order valence-corrected chi connectivity index (χ1v) is 9.35. The number of aromatic nitrogens is 4. The topological polar surface area (TPSA) is 73.1 Å². The summed E-state index contributed by atoms with van der Waals surface area (Å²) in [6.07, 6.45) is 2.45. The van der Waals surface area contributed by atoms with E-state index in [0.29, 0.717) is 35.8 Å². The predicted octanol–water partition coefficient (Wildman–Crippen LogP) is 2.77. The zero-order chi connectivity index (χ0) is 18.5. The fraction of sp³-hybridized carbons (Fsp3) is 0.368. The number of hydrogen-bond donors (Lipinski definition) is 0. The summed E-state index contributed by atoms with van der Waals surface area (Å²) in [7, 11) is 0. The van der Waals surface area contributed by atoms with Crippen LogP contribution in [0.2, 0.25) is 5.02 Å². The van der Waals surface area contributed by atoms with Crippen LogP contribution in [0.5, 0.6) is 0 Å². The number of ether oxygens (including phenoxy) is 1. The van der Waals surface area contributed by atoms with E-state index in [9.17, 15) is 4.79 Å². The van der Waals surface area contributed by atoms with Crippen molar-refractivity contribution in [2.24, 2.45) is 0 Å². The highest BCUT2D eigenvalue weighted by Crippen LogP contribution is 2.32. The molecule has 2 aliphatic heterocycles. The highest BCUT2D eigenvalue weighted by atomic mass is 35.5. The molecule has 0 radical (unpaired) electrons. The van der Waals surface area contributed by atoms with Crippen molar-refractivity contribution in [1.29, 1.82) is 0 Å². The maximum atomic E-state index is 13.3. The molecule has 0 aliphatic carbocycles. The molecule has 5 rings (SSSR count). The van der Waals surface area contributed by atoms with E-state index in [1.807, 2.05) is 34.7 Å². The van der Waals surface area contributed by atoms with Gasteiger partial charge in [-0.15, -0.1) is 5.10 Å². The van der Waals surface area contributed by atoms with Crippen LogP contribution >= 0.6 is 11.6 Å². The molecule has 27 heavy (non-hydrogen) atoms. The largest absolute Gasteiger partial charge is 0.368 e. The molecule has 7 nitrogen and oxygen atoms in total. The number of benzene rings is 1. The number of para-hydroxylation sites is 1. The van der Waals surface area contributed by atoms with Gasteiger partial charge in [0.25, 0.3) is 5.91 Å². The maximum Gasteiger partial charge on any atom is 0.254 e. The molecule has 1 fully saturated rings. The van der Waals surface area contributed by atoms with E-state index in [1.165, 1.54) is 0 Å². The Bertz CT molecular complexity index is 1050. The summed E-state index contributed by atoms with van der Waals surface area (Å²) in [5, 5.41) is 9.51. The Balaban J connectivity index is 1.46. The van der Waals surface area contributed by atoms with Gasteiger partial charge in [0.15, 0.2) is 0 Å². The van der Waals surface area contributed by atoms with Crippen LogP contribution in [-0.4, -0.2) is 50.0 Å². The molecule has 0 N–H and O–H groups in total. The van der Waals surface area contributed by atoms with Crippen molar-refractivity contribution in [3.05, 3.63) is 52.4 Å². The van der Waals surface area contributed by atoms with Crippen molar-refractivity contribution in [2.45, 2.75) is 32.1 Å². The molecule has 0 saturated carbocycles. The van der Waals surface area contributed by atoms with E-state index < -0.39 is 0 Å². The molecule has 1 saturated heterocycles. The van der Waals surface area contributed by atoms with Crippen LogP contribution in [0.4, 0.5) is 0 Å². The summed E-state index contributed by atoms with van der Waals surface area (Å²) in [4.78, 5) is 19.7. The molecule has 0 bridgehead atoms. The summed E-state index contributed by atoms with van der Waals surface area (Å²) in [5.41, 5.74) is 3.06. The monoisotopic (exact) mass is 383 g/mol. The fourth-order valence-electron chi connectivity index (χ4n) is 4.06. The number of pyridine rings is 1. The van der Waals surface area contributed by atoms with Gasteiger partial charge in [0, 0.05) is 24.2 Å². The number of nitrogens with zero attached hydrogens (tertiary/aromatic N) is 5. The molecule has 0 unspecified atom stereocenters. The van der Waals surface area contributed by atoms with Crippen molar-refractivity contribution < 1.29 is 9.53 Å². The van der Waals surface area contributed by atoms with Gasteiger partial charge in [0.05, 0.1) is 46.7 Å². The minimum Gasteiger partial charge on any atom is -0.368 e. The quantitative estimate of drug-likeness (QED) is 0.646. The van der Waals surface area contributed by atoms with Crippen LogP contribution in [0.1, 0.15) is 34.2 Å². The Morgan fingerprint density at radius 3 is 3.15 bits per heavy atom. The minimum absolute atomic E-state index is 0.0146. The summed E-state index contributed by atoms with van der Waals surface area (Å²) < 4.78 is 7.93. The van der Waals surface area contributed by atoms with Crippen molar-refractivity contribution >= 4 is 28.4 Å². The van der Waals surface area contributed by atoms with Crippen molar-refractivity contribution in [2.75, 3.05) is 13.1 Å². The summed E-state index contributed by atoms with van der Waals surface area (Å²) in [6, 6.07) is 7.50. The lowest BCUT2D eigenvalue weighted by Gasteiger charge is -2.41. The third-order valence-electron chi connectivity index (χ3n) is 5.37. The lowest BCUT2D eigenvalue weighted by atomic mass is 9.98. The number of piperidine rings is 1. The second-order valence-electron chi connectivity index (χ2n) is 7.07. The lowest BCUT2D eigenvalue weighted by molar-refractivity contribution is -0.0627. The summed E-state index contributed by atoms with van der Waals surface area (Å²) in [6.45, 7) is 3.53. The van der Waals surface area contributed by atoms with Crippen LogP contribution in [0.25, 0.3) is 10.9 Å². The first kappa shape index (κ1) is 16.6. The van der Waals surface area contributed by atoms with Crippen molar-refractivity contribution in [3.63, 3.8) is 0 Å². The zero-order valence-corrected chi connectivity index (χ0v) is 15.6. The number of aryl methyl sites for hydroxylation is 1. The molecular formula is C19H18ClN5O2. The Morgan fingerprint density at radius 2 is 2.26 bits per heavy atom. The van der Waals surface area contributed by atoms with E-state index in [0.717, 1.165) is 23.2 Å². The normalized spacial score (nSPS) is 21.8. The van der Waals surface area contributed by atoms with Gasteiger partial charge in [0.1, 0.15) is 0 Å². The number of hydrogen-bond acceptors (Lipinski definition) is 5. The molecule has 0 spiro atoms. The van der Waals surface area contributed by atoms with Gasteiger partial charge in [-0.3, -0.25) is 9.78 Å². The van der Waals surface area contributed by atoms with Gasteiger partial charge in [-0.1, -0.05) is 28.9 Å². The Labute approximate surface area is 160 Å². The number of halogens is 1. The van der Waals surface area contributed by atoms with Gasteiger partial charge < -0.3 is 9.64 Å². The van der Waals surface area contributed by atoms with E-state index >= 15 is 0 Å². The lowest BCUT2D eigenvalue weighted by Crippen LogP contribution is -2.50. The van der Waals surface area contributed by atoms with Crippen molar-refractivity contribution in [3.8, 4) is 0 Å². The molecule has 2 atom stereocenters. The van der Waals surface area contributed by atoms with Gasteiger partial charge >= 0.3 is 0 Å². The maximum absolute atomic E-state index is 13.3. The van der Waals surface area contributed by atoms with Crippen LogP contribution in [-0.2, 0) is 11.3 Å². The molecule has 4 heterocycles. The number of carbonyl (C=O) groups is 1. The number of amides is 1. The van der Waals surface area contributed by atoms with Crippen LogP contribution in [0.15, 0.2) is 30.5 Å². The SMILES string of the molecule is Cc1cc(C(=O)N2CC[C@H]3[C@H](C2)OCc2cnnn23)c2cccc(Cl)c2n1.